The van der Waals surface area contributed by atoms with Crippen molar-refractivity contribution < 1.29 is 23.8 Å². The predicted molar refractivity (Wildman–Crippen MR) is 53.2 cm³/mol. The molecule has 0 aliphatic heterocycles. The number of ether oxygens (including phenoxy) is 3. The molecule has 0 saturated carbocycles. The summed E-state index contributed by atoms with van der Waals surface area (Å²) in [5.74, 6) is -1.03. The monoisotopic (exact) mass is 218 g/mol. The van der Waals surface area contributed by atoms with Gasteiger partial charge in [0, 0.05) is 14.2 Å². The molecule has 0 aliphatic rings. The molecule has 0 amide bonds. The fraction of sp³-hybridized carbons (Fsp3) is 0.800. The van der Waals surface area contributed by atoms with Gasteiger partial charge in [0.1, 0.15) is 5.41 Å². The van der Waals surface area contributed by atoms with Crippen molar-refractivity contribution in [2.75, 3.05) is 20.8 Å². The van der Waals surface area contributed by atoms with Crippen molar-refractivity contribution in [1.82, 2.24) is 0 Å². The summed E-state index contributed by atoms with van der Waals surface area (Å²) in [5, 5.41) is 0. The molecule has 0 atom stereocenters. The highest BCUT2D eigenvalue weighted by Gasteiger charge is 2.41. The van der Waals surface area contributed by atoms with Crippen LogP contribution in [0.2, 0.25) is 0 Å². The molecule has 0 unspecified atom stereocenters. The first-order valence-electron chi connectivity index (χ1n) is 4.68. The molecule has 0 aromatic carbocycles. The lowest BCUT2D eigenvalue weighted by atomic mass is 9.87. The molecule has 0 N–H and O–H groups in total. The SMILES string of the molecule is CCOC(=O)C(C)(C)C(=O)C(OC)OC. The van der Waals surface area contributed by atoms with Crippen LogP contribution in [0.25, 0.3) is 0 Å². The molecular formula is C10H18O5. The van der Waals surface area contributed by atoms with Crippen LogP contribution in [-0.4, -0.2) is 38.9 Å². The first-order chi connectivity index (χ1) is 6.91. The first kappa shape index (κ1) is 14.1. The maximum atomic E-state index is 11.8. The molecule has 5 heteroatoms. The summed E-state index contributed by atoms with van der Waals surface area (Å²) in [5.41, 5.74) is -1.26. The van der Waals surface area contributed by atoms with E-state index in [-0.39, 0.29) is 6.61 Å². The minimum atomic E-state index is -1.26. The maximum Gasteiger partial charge on any atom is 0.319 e. The van der Waals surface area contributed by atoms with E-state index in [1.807, 2.05) is 0 Å². The Balaban J connectivity index is 4.70. The lowest BCUT2D eigenvalue weighted by Crippen LogP contribution is -2.43. The van der Waals surface area contributed by atoms with Crippen LogP contribution in [0.1, 0.15) is 20.8 Å². The van der Waals surface area contributed by atoms with Crippen molar-refractivity contribution in [2.24, 2.45) is 5.41 Å². The van der Waals surface area contributed by atoms with Crippen molar-refractivity contribution >= 4 is 11.8 Å². The van der Waals surface area contributed by atoms with Gasteiger partial charge in [0.25, 0.3) is 0 Å². The van der Waals surface area contributed by atoms with Gasteiger partial charge in [-0.2, -0.15) is 0 Å². The van der Waals surface area contributed by atoms with Gasteiger partial charge >= 0.3 is 5.97 Å². The van der Waals surface area contributed by atoms with Crippen LogP contribution >= 0.6 is 0 Å². The van der Waals surface area contributed by atoms with E-state index in [4.69, 9.17) is 14.2 Å². The van der Waals surface area contributed by atoms with E-state index in [1.54, 1.807) is 6.92 Å². The van der Waals surface area contributed by atoms with Crippen LogP contribution in [0.3, 0.4) is 0 Å². The molecular weight excluding hydrogens is 200 g/mol. The highest BCUT2D eigenvalue weighted by Crippen LogP contribution is 2.22. The number of carbonyl (C=O) groups excluding carboxylic acids is 2. The molecule has 0 heterocycles. The lowest BCUT2D eigenvalue weighted by molar-refractivity contribution is -0.175. The predicted octanol–water partition coefficient (Wildman–Crippen LogP) is 0.764. The number of esters is 1. The molecule has 0 fully saturated rings. The van der Waals surface area contributed by atoms with Gasteiger partial charge in [0.15, 0.2) is 0 Å². The summed E-state index contributed by atoms with van der Waals surface area (Å²) in [6.07, 6.45) is -1.04. The van der Waals surface area contributed by atoms with Gasteiger partial charge in [-0.15, -0.1) is 0 Å². The number of hydrogen-bond donors (Lipinski definition) is 0. The van der Waals surface area contributed by atoms with Gasteiger partial charge in [0.05, 0.1) is 6.61 Å². The summed E-state index contributed by atoms with van der Waals surface area (Å²) < 4.78 is 14.4. The molecule has 15 heavy (non-hydrogen) atoms. The Hall–Kier alpha value is -0.940. The smallest absolute Gasteiger partial charge is 0.319 e. The molecule has 0 bridgehead atoms. The first-order valence-corrected chi connectivity index (χ1v) is 4.68. The van der Waals surface area contributed by atoms with Gasteiger partial charge in [-0.25, -0.2) is 0 Å². The zero-order valence-corrected chi connectivity index (χ0v) is 9.83. The summed E-state index contributed by atoms with van der Waals surface area (Å²) in [6.45, 7) is 4.89. The fourth-order valence-corrected chi connectivity index (χ4v) is 1.02. The lowest BCUT2D eigenvalue weighted by Gasteiger charge is -2.24. The van der Waals surface area contributed by atoms with Gasteiger partial charge in [0.2, 0.25) is 12.1 Å². The summed E-state index contributed by atoms with van der Waals surface area (Å²) >= 11 is 0. The van der Waals surface area contributed by atoms with Gasteiger partial charge in [-0.05, 0) is 20.8 Å². The van der Waals surface area contributed by atoms with Crippen LogP contribution in [0, 0.1) is 5.41 Å². The standard InChI is InChI=1S/C10H18O5/c1-6-15-9(12)10(2,3)7(11)8(13-4)14-5/h8H,6H2,1-5H3. The van der Waals surface area contributed by atoms with Crippen LogP contribution in [0.5, 0.6) is 0 Å². The van der Waals surface area contributed by atoms with E-state index >= 15 is 0 Å². The van der Waals surface area contributed by atoms with E-state index in [0.29, 0.717) is 0 Å². The molecule has 0 aromatic rings. The Kier molecular flexibility index (Phi) is 5.46. The van der Waals surface area contributed by atoms with Gasteiger partial charge in [-0.1, -0.05) is 0 Å². The zero-order valence-electron chi connectivity index (χ0n) is 9.83. The average molecular weight is 218 g/mol. The Morgan fingerprint density at radius 1 is 1.20 bits per heavy atom. The van der Waals surface area contributed by atoms with E-state index in [9.17, 15) is 9.59 Å². The molecule has 0 rings (SSSR count). The Morgan fingerprint density at radius 3 is 2.00 bits per heavy atom. The second-order valence-corrected chi connectivity index (χ2v) is 3.51. The topological polar surface area (TPSA) is 61.8 Å². The number of Topliss-reactive ketones (excluding diaryl/α,β-unsaturated/α-hetero) is 1. The van der Waals surface area contributed by atoms with Crippen molar-refractivity contribution in [3.63, 3.8) is 0 Å². The number of hydrogen-bond acceptors (Lipinski definition) is 5. The Labute approximate surface area is 89.7 Å². The van der Waals surface area contributed by atoms with Crippen LogP contribution < -0.4 is 0 Å². The van der Waals surface area contributed by atoms with Crippen LogP contribution in [-0.2, 0) is 23.8 Å². The number of methoxy groups -OCH3 is 2. The second kappa shape index (κ2) is 5.82. The third kappa shape index (κ3) is 3.28. The number of rotatable bonds is 6. The van der Waals surface area contributed by atoms with Crippen molar-refractivity contribution in [3.8, 4) is 0 Å². The zero-order chi connectivity index (χ0) is 12.1. The summed E-state index contributed by atoms with van der Waals surface area (Å²) in [4.78, 5) is 23.3. The molecule has 5 nitrogen and oxygen atoms in total. The van der Waals surface area contributed by atoms with Crippen LogP contribution in [0.15, 0.2) is 0 Å². The Bertz CT molecular complexity index is 230. The van der Waals surface area contributed by atoms with E-state index in [1.165, 1.54) is 28.1 Å². The van der Waals surface area contributed by atoms with E-state index in [2.05, 4.69) is 0 Å². The van der Waals surface area contributed by atoms with Crippen molar-refractivity contribution in [1.29, 1.82) is 0 Å². The second-order valence-electron chi connectivity index (χ2n) is 3.51. The Morgan fingerprint density at radius 2 is 1.67 bits per heavy atom. The molecule has 0 aromatic heterocycles. The minimum Gasteiger partial charge on any atom is -0.465 e. The maximum absolute atomic E-state index is 11.8. The largest absolute Gasteiger partial charge is 0.465 e. The van der Waals surface area contributed by atoms with E-state index in [0.717, 1.165) is 0 Å². The highest BCUT2D eigenvalue weighted by atomic mass is 16.7. The minimum absolute atomic E-state index is 0.236. The third-order valence-electron chi connectivity index (χ3n) is 2.04. The highest BCUT2D eigenvalue weighted by molar-refractivity contribution is 6.04. The molecule has 0 radical (unpaired) electrons. The van der Waals surface area contributed by atoms with Crippen molar-refractivity contribution in [3.05, 3.63) is 0 Å². The normalized spacial score (nSPS) is 11.6. The quantitative estimate of drug-likeness (QED) is 0.374. The van der Waals surface area contributed by atoms with Crippen LogP contribution in [0.4, 0.5) is 0 Å². The third-order valence-corrected chi connectivity index (χ3v) is 2.04. The van der Waals surface area contributed by atoms with Gasteiger partial charge in [-0.3, -0.25) is 9.59 Å². The number of carbonyl (C=O) groups is 2. The average Bonchev–Trinajstić information content (AvgIpc) is 2.19. The fourth-order valence-electron chi connectivity index (χ4n) is 1.02. The molecule has 0 aliphatic carbocycles. The molecule has 88 valence electrons. The molecule has 0 spiro atoms. The van der Waals surface area contributed by atoms with E-state index < -0.39 is 23.5 Å². The van der Waals surface area contributed by atoms with Gasteiger partial charge < -0.3 is 14.2 Å². The number of ketones is 1. The summed E-state index contributed by atoms with van der Waals surface area (Å²) in [7, 11) is 2.68. The molecule has 0 saturated heterocycles. The van der Waals surface area contributed by atoms with Crippen molar-refractivity contribution in [2.45, 2.75) is 27.1 Å². The summed E-state index contributed by atoms with van der Waals surface area (Å²) in [6, 6.07) is 0.